The Morgan fingerprint density at radius 1 is 1.42 bits per heavy atom. The Morgan fingerprint density at radius 2 is 2.16 bits per heavy atom. The number of rotatable bonds is 3. The summed E-state index contributed by atoms with van der Waals surface area (Å²) in [5.41, 5.74) is 2.21. The highest BCUT2D eigenvalue weighted by Gasteiger charge is 2.30. The molecule has 0 aromatic heterocycles. The lowest BCUT2D eigenvalue weighted by molar-refractivity contribution is -0.121. The molecule has 0 fully saturated rings. The first-order chi connectivity index (χ1) is 8.87. The Bertz CT molecular complexity index is 493. The number of carbonyl (C=O) groups is 1. The number of hydrogen-bond acceptors (Lipinski definition) is 4. The molecule has 0 spiro atoms. The number of alkyl halides is 3. The summed E-state index contributed by atoms with van der Waals surface area (Å²) in [4.78, 5) is 13.0. The third-order valence-electron chi connectivity index (χ3n) is 2.51. The van der Waals surface area contributed by atoms with Gasteiger partial charge in [-0.05, 0) is 23.9 Å². The monoisotopic (exact) mass is 292 g/mol. The first-order valence-corrected chi connectivity index (χ1v) is 6.39. The van der Waals surface area contributed by atoms with Crippen molar-refractivity contribution >= 4 is 29.0 Å². The molecule has 1 aliphatic heterocycles. The zero-order chi connectivity index (χ0) is 14.0. The summed E-state index contributed by atoms with van der Waals surface area (Å²) < 4.78 is 41.4. The van der Waals surface area contributed by atoms with Gasteiger partial charge in [-0.1, -0.05) is 0 Å². The number of hydrogen-bond donors (Lipinski definition) is 1. The molecule has 1 aromatic rings. The molecular formula is C11H11F3N2O2S. The van der Waals surface area contributed by atoms with Crippen LogP contribution in [0.1, 0.15) is 0 Å². The van der Waals surface area contributed by atoms with Gasteiger partial charge in [-0.25, -0.2) is 0 Å². The average molecular weight is 292 g/mol. The quantitative estimate of drug-likeness (QED) is 0.868. The van der Waals surface area contributed by atoms with Gasteiger partial charge < -0.3 is 15.4 Å². The van der Waals surface area contributed by atoms with Crippen LogP contribution >= 0.6 is 11.8 Å². The van der Waals surface area contributed by atoms with E-state index in [4.69, 9.17) is 10.5 Å². The highest BCUT2D eigenvalue weighted by molar-refractivity contribution is 8.00. The Morgan fingerprint density at radius 3 is 2.84 bits per heavy atom. The van der Waals surface area contributed by atoms with E-state index in [2.05, 4.69) is 0 Å². The van der Waals surface area contributed by atoms with Crippen LogP contribution in [-0.4, -0.2) is 30.3 Å². The summed E-state index contributed by atoms with van der Waals surface area (Å²) in [5.74, 6) is -0.171. The minimum absolute atomic E-state index is 0.0245. The topological polar surface area (TPSA) is 55.6 Å². The van der Waals surface area contributed by atoms with Gasteiger partial charge in [0.25, 0.3) is 5.91 Å². The van der Waals surface area contributed by atoms with Gasteiger partial charge in [0.2, 0.25) is 0 Å². The van der Waals surface area contributed by atoms with Crippen molar-refractivity contribution in [1.29, 1.82) is 0 Å². The molecule has 104 valence electrons. The van der Waals surface area contributed by atoms with Gasteiger partial charge in [0, 0.05) is 24.1 Å². The van der Waals surface area contributed by atoms with Gasteiger partial charge in [0.15, 0.2) is 6.61 Å². The van der Waals surface area contributed by atoms with Gasteiger partial charge in [-0.2, -0.15) is 13.2 Å². The third-order valence-corrected chi connectivity index (χ3v) is 3.22. The summed E-state index contributed by atoms with van der Waals surface area (Å²) in [7, 11) is 0. The molecule has 0 aliphatic carbocycles. The number of halogens is 3. The zero-order valence-corrected chi connectivity index (χ0v) is 10.6. The normalized spacial score (nSPS) is 15.1. The Labute approximate surface area is 111 Å². The van der Waals surface area contributed by atoms with Gasteiger partial charge >= 0.3 is 5.51 Å². The fourth-order valence-electron chi connectivity index (χ4n) is 1.72. The Balaban J connectivity index is 2.10. The second kappa shape index (κ2) is 5.20. The van der Waals surface area contributed by atoms with Gasteiger partial charge in [0.1, 0.15) is 5.75 Å². The van der Waals surface area contributed by atoms with E-state index in [-0.39, 0.29) is 36.6 Å². The lowest BCUT2D eigenvalue weighted by atomic mass is 10.2. The maximum Gasteiger partial charge on any atom is 0.441 e. The fourth-order valence-corrected chi connectivity index (χ4v) is 2.22. The van der Waals surface area contributed by atoms with E-state index in [9.17, 15) is 18.0 Å². The number of nitrogens with zero attached hydrogens (tertiary/aromatic N) is 1. The molecule has 0 saturated carbocycles. The fraction of sp³-hybridized carbons (Fsp3) is 0.364. The Kier molecular flexibility index (Phi) is 3.79. The van der Waals surface area contributed by atoms with E-state index < -0.39 is 5.51 Å². The summed E-state index contributed by atoms with van der Waals surface area (Å²) >= 11 is -0.152. The van der Waals surface area contributed by atoms with Crippen LogP contribution in [0.4, 0.5) is 24.5 Å². The predicted octanol–water partition coefficient (Wildman–Crippen LogP) is 2.25. The van der Waals surface area contributed by atoms with Crippen LogP contribution in [0.25, 0.3) is 0 Å². The molecule has 1 amide bonds. The first kappa shape index (κ1) is 13.9. The van der Waals surface area contributed by atoms with Crippen molar-refractivity contribution in [2.24, 2.45) is 0 Å². The van der Waals surface area contributed by atoms with Crippen molar-refractivity contribution in [3.63, 3.8) is 0 Å². The average Bonchev–Trinajstić information content (AvgIpc) is 2.30. The van der Waals surface area contributed by atoms with Gasteiger partial charge in [0.05, 0.1) is 5.69 Å². The maximum absolute atomic E-state index is 12.1. The summed E-state index contributed by atoms with van der Waals surface area (Å²) in [5, 5.41) is 0. The number of thioether (sulfide) groups is 1. The van der Waals surface area contributed by atoms with Gasteiger partial charge in [-0.3, -0.25) is 4.79 Å². The highest BCUT2D eigenvalue weighted by atomic mass is 32.2. The number of amides is 1. The second-order valence-corrected chi connectivity index (χ2v) is 5.02. The van der Waals surface area contributed by atoms with E-state index in [1.165, 1.54) is 4.90 Å². The van der Waals surface area contributed by atoms with E-state index >= 15 is 0 Å². The number of ether oxygens (including phenoxy) is 1. The molecule has 0 bridgehead atoms. The standard InChI is InChI=1S/C11H11F3N2O2S/c12-11(13,14)19-4-3-16-8-2-1-7(15)5-9(8)18-6-10(16)17/h1-2,5H,3-4,6,15H2. The molecule has 19 heavy (non-hydrogen) atoms. The summed E-state index contributed by atoms with van der Waals surface area (Å²) in [6.45, 7) is -0.212. The van der Waals surface area contributed by atoms with E-state index in [1.807, 2.05) is 0 Å². The van der Waals surface area contributed by atoms with Crippen molar-refractivity contribution in [2.75, 3.05) is 29.5 Å². The Hall–Kier alpha value is -1.57. The molecule has 1 heterocycles. The molecular weight excluding hydrogens is 281 g/mol. The molecule has 2 N–H and O–H groups in total. The van der Waals surface area contributed by atoms with E-state index in [0.717, 1.165) is 0 Å². The maximum atomic E-state index is 12.1. The minimum Gasteiger partial charge on any atom is -0.481 e. The van der Waals surface area contributed by atoms with Crippen LogP contribution in [-0.2, 0) is 4.79 Å². The van der Waals surface area contributed by atoms with Gasteiger partial charge in [-0.15, -0.1) is 0 Å². The molecule has 0 saturated heterocycles. The lowest BCUT2D eigenvalue weighted by Crippen LogP contribution is -2.40. The molecule has 1 aliphatic rings. The summed E-state index contributed by atoms with van der Waals surface area (Å²) in [6, 6.07) is 4.69. The minimum atomic E-state index is -4.29. The SMILES string of the molecule is Nc1ccc2c(c1)OCC(=O)N2CCSC(F)(F)F. The van der Waals surface area contributed by atoms with E-state index in [0.29, 0.717) is 17.1 Å². The lowest BCUT2D eigenvalue weighted by Gasteiger charge is -2.29. The van der Waals surface area contributed by atoms with Crippen LogP contribution < -0.4 is 15.4 Å². The van der Waals surface area contributed by atoms with Crippen LogP contribution in [0.3, 0.4) is 0 Å². The molecule has 0 atom stereocenters. The number of benzene rings is 1. The third kappa shape index (κ3) is 3.46. The number of fused-ring (bicyclic) bond motifs is 1. The zero-order valence-electron chi connectivity index (χ0n) is 9.74. The van der Waals surface area contributed by atoms with Crippen LogP contribution in [0.2, 0.25) is 0 Å². The molecule has 2 rings (SSSR count). The van der Waals surface area contributed by atoms with Crippen molar-refractivity contribution in [3.8, 4) is 5.75 Å². The largest absolute Gasteiger partial charge is 0.481 e. The molecule has 4 nitrogen and oxygen atoms in total. The number of nitrogens with two attached hydrogens (primary N) is 1. The molecule has 0 radical (unpaired) electrons. The summed E-state index contributed by atoms with van der Waals surface area (Å²) in [6.07, 6.45) is 0. The number of nitrogen functional groups attached to an aromatic ring is 1. The van der Waals surface area contributed by atoms with Crippen molar-refractivity contribution in [2.45, 2.75) is 5.51 Å². The highest BCUT2D eigenvalue weighted by Crippen LogP contribution is 2.35. The van der Waals surface area contributed by atoms with E-state index in [1.54, 1.807) is 18.2 Å². The van der Waals surface area contributed by atoms with Crippen LogP contribution in [0.15, 0.2) is 18.2 Å². The smallest absolute Gasteiger partial charge is 0.441 e. The van der Waals surface area contributed by atoms with Crippen LogP contribution in [0, 0.1) is 0 Å². The van der Waals surface area contributed by atoms with Crippen LogP contribution in [0.5, 0.6) is 5.75 Å². The van der Waals surface area contributed by atoms with Crippen molar-refractivity contribution in [3.05, 3.63) is 18.2 Å². The number of carbonyl (C=O) groups excluding carboxylic acids is 1. The number of anilines is 2. The second-order valence-electron chi connectivity index (χ2n) is 3.86. The molecule has 1 aromatic carbocycles. The molecule has 8 heteroatoms. The van der Waals surface area contributed by atoms with Crippen molar-refractivity contribution < 1.29 is 22.7 Å². The van der Waals surface area contributed by atoms with Crippen molar-refractivity contribution in [1.82, 2.24) is 0 Å². The first-order valence-electron chi connectivity index (χ1n) is 5.40. The predicted molar refractivity (Wildman–Crippen MR) is 67.2 cm³/mol. The molecule has 0 unspecified atom stereocenters.